The van der Waals surface area contributed by atoms with E-state index in [1.54, 1.807) is 20.4 Å². The van der Waals surface area contributed by atoms with Gasteiger partial charge in [-0.3, -0.25) is 4.99 Å². The number of hydrogen-bond donors (Lipinski definition) is 0. The maximum atomic E-state index is 5.80. The normalized spacial score (nSPS) is 10.1. The van der Waals surface area contributed by atoms with Crippen LogP contribution in [0.5, 0.6) is 11.5 Å². The molecule has 0 atom stereocenters. The van der Waals surface area contributed by atoms with Crippen molar-refractivity contribution in [3.63, 3.8) is 0 Å². The number of nitrogens with zero attached hydrogens (tertiary/aromatic N) is 1. The van der Waals surface area contributed by atoms with Crippen LogP contribution in [-0.2, 0) is 6.61 Å². The number of ether oxygens (including phenoxy) is 2. The lowest BCUT2D eigenvalue weighted by atomic mass is 10.2. The Morgan fingerprint density at radius 2 is 1.84 bits per heavy atom. The summed E-state index contributed by atoms with van der Waals surface area (Å²) in [7, 11) is 3.37. The van der Waals surface area contributed by atoms with Gasteiger partial charge in [-0.15, -0.1) is 6.58 Å². The van der Waals surface area contributed by atoms with E-state index in [2.05, 4.69) is 34.4 Å². The van der Waals surface area contributed by atoms with E-state index in [4.69, 9.17) is 9.47 Å². The van der Waals surface area contributed by atoms with E-state index in [0.717, 1.165) is 27.8 Å². The van der Waals surface area contributed by atoms with Crippen LogP contribution in [0.4, 0.5) is 0 Å². The molecule has 0 saturated heterocycles. The minimum atomic E-state index is 0.505. The minimum Gasteiger partial charge on any atom is -0.493 e. The Bertz CT molecular complexity index is 666. The highest BCUT2D eigenvalue weighted by Crippen LogP contribution is 2.28. The molecule has 0 aliphatic carbocycles. The number of hydrogen-bond acceptors (Lipinski definition) is 3. The smallest absolute Gasteiger partial charge is 0.161 e. The summed E-state index contributed by atoms with van der Waals surface area (Å²) in [6.07, 6.45) is 6.09. The van der Waals surface area contributed by atoms with Crippen LogP contribution in [0.3, 0.4) is 0 Å². The maximum absolute atomic E-state index is 5.80. The fourth-order valence-corrected chi connectivity index (χ4v) is 2.24. The number of halogens is 1. The molecule has 0 spiro atoms. The lowest BCUT2D eigenvalue weighted by molar-refractivity contribution is 0.284. The molecule has 2 rings (SSSR count). The van der Waals surface area contributed by atoms with Crippen molar-refractivity contribution < 1.29 is 9.47 Å². The first-order chi connectivity index (χ1) is 12.1. The summed E-state index contributed by atoms with van der Waals surface area (Å²) >= 11 is 3.41. The quantitative estimate of drug-likeness (QED) is 0.415. The first-order valence-corrected chi connectivity index (χ1v) is 9.02. The Hall–Kier alpha value is -2.07. The highest BCUT2D eigenvalue weighted by atomic mass is 79.9. The van der Waals surface area contributed by atoms with Gasteiger partial charge in [-0.05, 0) is 47.9 Å². The van der Waals surface area contributed by atoms with E-state index < -0.39 is 0 Å². The van der Waals surface area contributed by atoms with E-state index >= 15 is 0 Å². The molecule has 0 unspecified atom stereocenters. The van der Waals surface area contributed by atoms with Gasteiger partial charge in [-0.25, -0.2) is 0 Å². The van der Waals surface area contributed by atoms with Crippen LogP contribution < -0.4 is 9.47 Å². The van der Waals surface area contributed by atoms with Gasteiger partial charge in [0.25, 0.3) is 0 Å². The lowest BCUT2D eigenvalue weighted by Gasteiger charge is -2.11. The predicted octanol–water partition coefficient (Wildman–Crippen LogP) is 6.06. The Balaban J connectivity index is 0.000000550. The van der Waals surface area contributed by atoms with Gasteiger partial charge in [-0.1, -0.05) is 47.5 Å². The van der Waals surface area contributed by atoms with Crippen LogP contribution in [-0.4, -0.2) is 20.4 Å². The molecule has 0 aliphatic heterocycles. The van der Waals surface area contributed by atoms with Crippen molar-refractivity contribution >= 4 is 22.1 Å². The molecule has 0 fully saturated rings. The summed E-state index contributed by atoms with van der Waals surface area (Å²) in [4.78, 5) is 3.99. The zero-order chi connectivity index (χ0) is 18.5. The van der Waals surface area contributed by atoms with Crippen molar-refractivity contribution in [2.75, 3.05) is 14.2 Å². The Labute approximate surface area is 159 Å². The number of unbranched alkanes of at least 4 members (excludes halogenated alkanes) is 1. The molecule has 2 aromatic rings. The largest absolute Gasteiger partial charge is 0.493 e. The van der Waals surface area contributed by atoms with Crippen molar-refractivity contribution in [1.29, 1.82) is 0 Å². The molecule has 0 N–H and O–H groups in total. The Kier molecular flexibility index (Phi) is 10.3. The first kappa shape index (κ1) is 21.0. The number of aliphatic imine (C=N–C) groups is 1. The summed E-state index contributed by atoms with van der Waals surface area (Å²) in [5, 5.41) is 0. The summed E-state index contributed by atoms with van der Waals surface area (Å²) in [6.45, 7) is 6.20. The van der Waals surface area contributed by atoms with Crippen LogP contribution in [0.25, 0.3) is 0 Å². The second-order valence-corrected chi connectivity index (χ2v) is 6.21. The standard InChI is InChI=1S/C16H16BrNO2.C5H10/c1-18-10-13-5-8-15(16(9-13)19-2)20-11-12-3-6-14(17)7-4-12;1-3-5-4-2/h3-10H,11H2,1-2H3;3H,1,4-5H2,2H3. The zero-order valence-electron chi connectivity index (χ0n) is 15.2. The molecule has 0 aromatic heterocycles. The van der Waals surface area contributed by atoms with Gasteiger partial charge in [-0.2, -0.15) is 0 Å². The van der Waals surface area contributed by atoms with Gasteiger partial charge in [0.05, 0.1) is 7.11 Å². The second kappa shape index (κ2) is 12.3. The average Bonchev–Trinajstić information content (AvgIpc) is 2.63. The fourth-order valence-electron chi connectivity index (χ4n) is 1.98. The van der Waals surface area contributed by atoms with Crippen LogP contribution >= 0.6 is 15.9 Å². The van der Waals surface area contributed by atoms with E-state index in [1.807, 2.05) is 48.5 Å². The number of benzene rings is 2. The summed E-state index contributed by atoms with van der Waals surface area (Å²) in [5.74, 6) is 1.43. The van der Waals surface area contributed by atoms with Gasteiger partial charge in [0.15, 0.2) is 11.5 Å². The highest BCUT2D eigenvalue weighted by molar-refractivity contribution is 9.10. The van der Waals surface area contributed by atoms with Gasteiger partial charge in [0, 0.05) is 17.7 Å². The average molecular weight is 404 g/mol. The summed E-state index contributed by atoms with van der Waals surface area (Å²) in [5.41, 5.74) is 2.09. The highest BCUT2D eigenvalue weighted by Gasteiger charge is 2.05. The maximum Gasteiger partial charge on any atom is 0.161 e. The number of methoxy groups -OCH3 is 1. The number of allylic oxidation sites excluding steroid dienone is 1. The molecule has 0 saturated carbocycles. The van der Waals surface area contributed by atoms with Crippen molar-refractivity contribution in [3.8, 4) is 11.5 Å². The van der Waals surface area contributed by atoms with E-state index in [0.29, 0.717) is 12.4 Å². The van der Waals surface area contributed by atoms with Crippen LogP contribution in [0.15, 0.2) is 64.6 Å². The van der Waals surface area contributed by atoms with E-state index in [1.165, 1.54) is 6.42 Å². The zero-order valence-corrected chi connectivity index (χ0v) is 16.8. The van der Waals surface area contributed by atoms with Gasteiger partial charge >= 0.3 is 0 Å². The molecule has 2 aromatic carbocycles. The molecule has 25 heavy (non-hydrogen) atoms. The SMILES string of the molecule is C=CCCC.CN=Cc1ccc(OCc2ccc(Br)cc2)c(OC)c1. The molecule has 0 radical (unpaired) electrons. The third kappa shape index (κ3) is 8.03. The Morgan fingerprint density at radius 1 is 1.12 bits per heavy atom. The molecule has 4 heteroatoms. The minimum absolute atomic E-state index is 0.505. The second-order valence-electron chi connectivity index (χ2n) is 5.29. The van der Waals surface area contributed by atoms with Gasteiger partial charge < -0.3 is 9.47 Å². The summed E-state index contributed by atoms with van der Waals surface area (Å²) < 4.78 is 12.2. The van der Waals surface area contributed by atoms with Crippen LogP contribution in [0.1, 0.15) is 30.9 Å². The third-order valence-electron chi connectivity index (χ3n) is 3.27. The molecular weight excluding hydrogens is 378 g/mol. The van der Waals surface area contributed by atoms with Gasteiger partial charge in [0.2, 0.25) is 0 Å². The van der Waals surface area contributed by atoms with Crippen LogP contribution in [0.2, 0.25) is 0 Å². The molecule has 0 aliphatic rings. The van der Waals surface area contributed by atoms with Crippen LogP contribution in [0, 0.1) is 0 Å². The lowest BCUT2D eigenvalue weighted by Crippen LogP contribution is -1.98. The van der Waals surface area contributed by atoms with E-state index in [9.17, 15) is 0 Å². The van der Waals surface area contributed by atoms with Crippen molar-refractivity contribution in [2.24, 2.45) is 4.99 Å². The Morgan fingerprint density at radius 3 is 2.36 bits per heavy atom. The molecule has 0 amide bonds. The van der Waals surface area contributed by atoms with Crippen molar-refractivity contribution in [2.45, 2.75) is 26.4 Å². The molecular formula is C21H26BrNO2. The van der Waals surface area contributed by atoms with E-state index in [-0.39, 0.29) is 0 Å². The molecule has 0 bridgehead atoms. The first-order valence-electron chi connectivity index (χ1n) is 8.22. The predicted molar refractivity (Wildman–Crippen MR) is 110 cm³/mol. The topological polar surface area (TPSA) is 30.8 Å². The molecule has 3 nitrogen and oxygen atoms in total. The number of rotatable bonds is 7. The third-order valence-corrected chi connectivity index (χ3v) is 3.79. The van der Waals surface area contributed by atoms with Gasteiger partial charge in [0.1, 0.15) is 6.61 Å². The van der Waals surface area contributed by atoms with Crippen molar-refractivity contribution in [1.82, 2.24) is 0 Å². The molecule has 134 valence electrons. The monoisotopic (exact) mass is 403 g/mol. The fraction of sp³-hybridized carbons (Fsp3) is 0.286. The van der Waals surface area contributed by atoms with Crippen molar-refractivity contribution in [3.05, 3.63) is 70.7 Å². The molecule has 0 heterocycles. The summed E-state index contributed by atoms with van der Waals surface area (Å²) in [6, 6.07) is 13.8.